The maximum absolute atomic E-state index is 13.1. The van der Waals surface area contributed by atoms with Crippen molar-refractivity contribution in [3.63, 3.8) is 0 Å². The second-order valence-corrected chi connectivity index (χ2v) is 11.4. The van der Waals surface area contributed by atoms with Crippen LogP contribution in [0.25, 0.3) is 5.57 Å². The molecule has 7 nitrogen and oxygen atoms in total. The van der Waals surface area contributed by atoms with Gasteiger partial charge in [0.25, 0.3) is 0 Å². The summed E-state index contributed by atoms with van der Waals surface area (Å²) in [6.45, 7) is 3.34. The number of primary sulfonamides is 2. The Morgan fingerprint density at radius 3 is 2.03 bits per heavy atom. The minimum atomic E-state index is -4.55. The van der Waals surface area contributed by atoms with Crippen LogP contribution >= 0.6 is 23.2 Å². The van der Waals surface area contributed by atoms with Gasteiger partial charge in [-0.1, -0.05) is 53.5 Å². The molecule has 2 aromatic rings. The van der Waals surface area contributed by atoms with Crippen LogP contribution in [0.5, 0.6) is 0 Å². The number of hydrogen-bond donors (Lipinski definition) is 2. The van der Waals surface area contributed by atoms with E-state index < -0.39 is 35.8 Å². The predicted octanol–water partition coefficient (Wildman–Crippen LogP) is 3.38. The molecule has 32 heavy (non-hydrogen) atoms. The summed E-state index contributed by atoms with van der Waals surface area (Å²) in [4.78, 5) is -0.454. The minimum Gasteiger partial charge on any atom is -0.364 e. The smallest absolute Gasteiger partial charge is 0.238 e. The molecule has 172 valence electrons. The Morgan fingerprint density at radius 2 is 1.50 bits per heavy atom. The molecule has 1 aliphatic rings. The topological polar surface area (TPSA) is 130 Å². The van der Waals surface area contributed by atoms with Crippen LogP contribution in [0.3, 0.4) is 0 Å². The Hall–Kier alpha value is -1.72. The van der Waals surface area contributed by atoms with Gasteiger partial charge in [0.15, 0.2) is 0 Å². The first-order chi connectivity index (χ1) is 14.8. The lowest BCUT2D eigenvalue weighted by molar-refractivity contribution is 0.0669. The minimum absolute atomic E-state index is 0.126. The van der Waals surface area contributed by atoms with Gasteiger partial charge in [0.1, 0.15) is 15.8 Å². The summed E-state index contributed by atoms with van der Waals surface area (Å²) < 4.78 is 57.1. The molecule has 0 saturated carbocycles. The van der Waals surface area contributed by atoms with Gasteiger partial charge in [0, 0.05) is 22.7 Å². The molecule has 0 saturated heterocycles. The fourth-order valence-corrected chi connectivity index (χ4v) is 6.55. The zero-order valence-corrected chi connectivity index (χ0v) is 20.6. The third-order valence-corrected chi connectivity index (χ3v) is 8.57. The van der Waals surface area contributed by atoms with E-state index in [0.717, 1.165) is 0 Å². The van der Waals surface area contributed by atoms with Gasteiger partial charge in [-0.05, 0) is 54.3 Å². The molecular formula is C21H22Cl2N2O5S2. The Kier molecular flexibility index (Phi) is 6.67. The first-order valence-corrected chi connectivity index (χ1v) is 13.2. The van der Waals surface area contributed by atoms with Crippen molar-refractivity contribution < 1.29 is 21.6 Å². The molecule has 0 fully saturated rings. The molecule has 0 bridgehead atoms. The summed E-state index contributed by atoms with van der Waals surface area (Å²) in [5, 5.41) is 10.4. The fraction of sp³-hybridized carbons (Fsp3) is 0.238. The largest absolute Gasteiger partial charge is 0.364 e. The molecule has 2 atom stereocenters. The zero-order valence-electron chi connectivity index (χ0n) is 17.5. The summed E-state index contributed by atoms with van der Waals surface area (Å²) in [7, 11) is -7.54. The van der Waals surface area contributed by atoms with Gasteiger partial charge in [-0.25, -0.2) is 27.1 Å². The lowest BCUT2D eigenvalue weighted by Gasteiger charge is -2.39. The first-order valence-electron chi connectivity index (χ1n) is 9.30. The molecule has 0 aromatic heterocycles. The van der Waals surface area contributed by atoms with E-state index in [0.29, 0.717) is 26.7 Å². The molecule has 2 aromatic carbocycles. The van der Waals surface area contributed by atoms with Crippen molar-refractivity contribution in [3.8, 4) is 0 Å². The van der Waals surface area contributed by atoms with Gasteiger partial charge in [-0.15, -0.1) is 0 Å². The SMILES string of the molecule is COC1(c2cccc(Cl)c2C)C=CC(S(N)(=O)=O)C(c2cccc(Cl)c2C)=C1S(N)(=O)=O. The Labute approximate surface area is 197 Å². The number of nitrogens with two attached hydrogens (primary N) is 2. The maximum Gasteiger partial charge on any atom is 0.238 e. The molecule has 0 heterocycles. The molecule has 0 amide bonds. The van der Waals surface area contributed by atoms with E-state index in [9.17, 15) is 16.8 Å². The third-order valence-electron chi connectivity index (χ3n) is 5.56. The molecule has 4 N–H and O–H groups in total. The van der Waals surface area contributed by atoms with Crippen molar-refractivity contribution in [1.82, 2.24) is 0 Å². The second-order valence-electron chi connectivity index (χ2n) is 7.42. The average molecular weight is 517 g/mol. The van der Waals surface area contributed by atoms with Crippen LogP contribution in [0.2, 0.25) is 10.0 Å². The van der Waals surface area contributed by atoms with Crippen molar-refractivity contribution in [2.24, 2.45) is 10.3 Å². The predicted molar refractivity (Wildman–Crippen MR) is 127 cm³/mol. The molecular weight excluding hydrogens is 495 g/mol. The Morgan fingerprint density at radius 1 is 0.938 bits per heavy atom. The fourth-order valence-electron chi connectivity index (χ4n) is 4.03. The summed E-state index contributed by atoms with van der Waals surface area (Å²) in [6, 6.07) is 9.66. The Balaban J connectivity index is 2.61. The van der Waals surface area contributed by atoms with E-state index >= 15 is 0 Å². The second kappa shape index (κ2) is 8.57. The van der Waals surface area contributed by atoms with Crippen molar-refractivity contribution in [1.29, 1.82) is 0 Å². The molecule has 0 radical (unpaired) electrons. The van der Waals surface area contributed by atoms with E-state index in [1.54, 1.807) is 50.2 Å². The standard InChI is InChI=1S/C21H22Cl2N2O5S2/c1-12-14(6-4-8-16(12)22)19-18(31(24,26)27)10-11-21(30-3,20(19)32(25,28)29)15-7-5-9-17(23)13(15)2/h4-11,18H,1-3H3,(H2,24,26,27)(H2,25,28,29). The van der Waals surface area contributed by atoms with E-state index in [1.807, 2.05) is 0 Å². The molecule has 1 aliphatic carbocycles. The van der Waals surface area contributed by atoms with Crippen molar-refractivity contribution >= 4 is 48.8 Å². The number of rotatable bonds is 5. The van der Waals surface area contributed by atoms with Gasteiger partial charge in [-0.3, -0.25) is 0 Å². The number of benzene rings is 2. The van der Waals surface area contributed by atoms with Crippen LogP contribution in [-0.4, -0.2) is 29.2 Å². The lowest BCUT2D eigenvalue weighted by Crippen LogP contribution is -2.43. The van der Waals surface area contributed by atoms with Crippen LogP contribution in [0, 0.1) is 13.8 Å². The van der Waals surface area contributed by atoms with Crippen LogP contribution in [0.4, 0.5) is 0 Å². The summed E-state index contributed by atoms with van der Waals surface area (Å²) in [5.41, 5.74) is -0.226. The number of halogens is 2. The molecule has 11 heteroatoms. The van der Waals surface area contributed by atoms with Crippen LogP contribution in [0.1, 0.15) is 22.3 Å². The summed E-state index contributed by atoms with van der Waals surface area (Å²) in [6.07, 6.45) is 2.63. The maximum atomic E-state index is 13.1. The summed E-state index contributed by atoms with van der Waals surface area (Å²) >= 11 is 12.6. The molecule has 0 spiro atoms. The number of hydrogen-bond acceptors (Lipinski definition) is 5. The van der Waals surface area contributed by atoms with Crippen LogP contribution in [0.15, 0.2) is 53.5 Å². The van der Waals surface area contributed by atoms with Crippen molar-refractivity contribution in [2.45, 2.75) is 24.7 Å². The number of sulfonamides is 2. The van der Waals surface area contributed by atoms with Gasteiger partial charge in [0.05, 0.1) is 0 Å². The Bertz CT molecular complexity index is 1370. The highest BCUT2D eigenvalue weighted by atomic mass is 35.5. The van der Waals surface area contributed by atoms with Gasteiger partial charge in [-0.2, -0.15) is 0 Å². The van der Waals surface area contributed by atoms with E-state index in [4.69, 9.17) is 38.2 Å². The van der Waals surface area contributed by atoms with E-state index in [2.05, 4.69) is 0 Å². The average Bonchev–Trinajstić information content (AvgIpc) is 2.69. The normalized spacial score (nSPS) is 21.8. The highest BCUT2D eigenvalue weighted by Gasteiger charge is 2.49. The molecule has 3 rings (SSSR count). The van der Waals surface area contributed by atoms with E-state index in [1.165, 1.54) is 19.3 Å². The summed E-state index contributed by atoms with van der Waals surface area (Å²) in [5.74, 6) is 0. The van der Waals surface area contributed by atoms with Crippen LogP contribution in [-0.2, 0) is 30.4 Å². The van der Waals surface area contributed by atoms with Gasteiger partial charge < -0.3 is 4.74 Å². The van der Waals surface area contributed by atoms with Crippen molar-refractivity contribution in [3.05, 3.63) is 85.8 Å². The molecule has 2 unspecified atom stereocenters. The van der Waals surface area contributed by atoms with Crippen molar-refractivity contribution in [2.75, 3.05) is 7.11 Å². The lowest BCUT2D eigenvalue weighted by atomic mass is 9.81. The quantitative estimate of drug-likeness (QED) is 0.588. The number of ether oxygens (including phenoxy) is 1. The number of methoxy groups -OCH3 is 1. The van der Waals surface area contributed by atoms with E-state index in [-0.39, 0.29) is 11.1 Å². The van der Waals surface area contributed by atoms with Gasteiger partial charge in [0.2, 0.25) is 20.0 Å². The van der Waals surface area contributed by atoms with Crippen LogP contribution < -0.4 is 10.3 Å². The zero-order chi connectivity index (χ0) is 24.1. The highest BCUT2D eigenvalue weighted by Crippen LogP contribution is 2.48. The monoisotopic (exact) mass is 516 g/mol. The third kappa shape index (κ3) is 4.14. The first kappa shape index (κ1) is 24.9. The van der Waals surface area contributed by atoms with Gasteiger partial charge >= 0.3 is 0 Å². The molecule has 0 aliphatic heterocycles. The highest BCUT2D eigenvalue weighted by molar-refractivity contribution is 7.93.